The van der Waals surface area contributed by atoms with Gasteiger partial charge in [0, 0.05) is 43.3 Å². The molecule has 3 aromatic rings. The Kier molecular flexibility index (Phi) is 8.02. The molecule has 3 aliphatic rings. The van der Waals surface area contributed by atoms with E-state index in [-0.39, 0.29) is 11.8 Å². The first kappa shape index (κ1) is 28.5. The van der Waals surface area contributed by atoms with Gasteiger partial charge in [0.1, 0.15) is 16.5 Å². The maximum atomic E-state index is 13.1. The van der Waals surface area contributed by atoms with E-state index in [1.807, 2.05) is 46.3 Å². The van der Waals surface area contributed by atoms with Crippen molar-refractivity contribution >= 4 is 56.6 Å². The average molecular weight is 592 g/mol. The normalized spacial score (nSPS) is 19.3. The molecule has 2 aromatic heterocycles. The molecule has 6 rings (SSSR count). The van der Waals surface area contributed by atoms with Crippen molar-refractivity contribution in [3.63, 3.8) is 0 Å². The predicted molar refractivity (Wildman–Crippen MR) is 170 cm³/mol. The molecular weight excluding hydrogens is 551 g/mol. The number of hydrogen-bond donors (Lipinski definition) is 0. The Labute approximate surface area is 251 Å². The fraction of sp³-hybridized carbons (Fsp3) is 0.562. The highest BCUT2D eigenvalue weighted by Crippen LogP contribution is 2.45. The molecule has 1 aromatic carbocycles. The SMILES string of the molecule is Cc1nc(N2CCN(C(=O)CSCC(=O)N3CCCc4ccccc43)CC2)c2c3c(sc2n1)C[C@@H](C(C)(C)C)CC3. The number of para-hydroxylation sites is 1. The quantitative estimate of drug-likeness (QED) is 0.390. The number of rotatable bonds is 5. The number of aryl methyl sites for hydroxylation is 3. The maximum absolute atomic E-state index is 13.1. The second-order valence-electron chi connectivity index (χ2n) is 12.7. The average Bonchev–Trinajstić information content (AvgIpc) is 3.33. The van der Waals surface area contributed by atoms with Crippen LogP contribution in [-0.2, 0) is 28.9 Å². The number of thioether (sulfide) groups is 1. The molecule has 1 atom stereocenters. The summed E-state index contributed by atoms with van der Waals surface area (Å²) in [5.74, 6) is 3.44. The highest BCUT2D eigenvalue weighted by Gasteiger charge is 2.33. The Morgan fingerprint density at radius 2 is 1.76 bits per heavy atom. The lowest BCUT2D eigenvalue weighted by Crippen LogP contribution is -2.49. The number of fused-ring (bicyclic) bond motifs is 4. The molecule has 2 aliphatic heterocycles. The van der Waals surface area contributed by atoms with Gasteiger partial charge in [-0.2, -0.15) is 0 Å². The van der Waals surface area contributed by atoms with Crippen LogP contribution in [0, 0.1) is 18.3 Å². The summed E-state index contributed by atoms with van der Waals surface area (Å²) in [6.07, 6.45) is 5.44. The summed E-state index contributed by atoms with van der Waals surface area (Å²) in [6.45, 7) is 12.7. The van der Waals surface area contributed by atoms with Crippen LogP contribution in [0.2, 0.25) is 0 Å². The molecule has 218 valence electrons. The molecule has 7 nitrogen and oxygen atoms in total. The molecule has 2 amide bonds. The lowest BCUT2D eigenvalue weighted by Gasteiger charge is -2.36. The highest BCUT2D eigenvalue weighted by molar-refractivity contribution is 8.00. The topological polar surface area (TPSA) is 69.6 Å². The number of amides is 2. The van der Waals surface area contributed by atoms with Gasteiger partial charge >= 0.3 is 0 Å². The predicted octanol–water partition coefficient (Wildman–Crippen LogP) is 5.51. The van der Waals surface area contributed by atoms with Crippen molar-refractivity contribution in [2.24, 2.45) is 11.3 Å². The van der Waals surface area contributed by atoms with Crippen molar-refractivity contribution in [1.82, 2.24) is 14.9 Å². The number of carbonyl (C=O) groups is 2. The van der Waals surface area contributed by atoms with Crippen LogP contribution in [0.3, 0.4) is 0 Å². The van der Waals surface area contributed by atoms with Crippen LogP contribution < -0.4 is 9.80 Å². The van der Waals surface area contributed by atoms with Gasteiger partial charge in [0.2, 0.25) is 11.8 Å². The number of benzene rings is 1. The van der Waals surface area contributed by atoms with Crippen LogP contribution >= 0.6 is 23.1 Å². The Bertz CT molecular complexity index is 1450. The standard InChI is InChI=1S/C32H41N5O2S2/c1-21-33-30(29-24-12-11-23(32(2,3)4)18-26(24)41-31(29)34-21)36-16-14-35(15-17-36)27(38)19-40-20-28(39)37-13-7-9-22-8-5-6-10-25(22)37/h5-6,8,10,23H,7,9,11-20H2,1-4H3/t23-/m0/s1. The summed E-state index contributed by atoms with van der Waals surface area (Å²) in [7, 11) is 0. The van der Waals surface area contributed by atoms with Crippen molar-refractivity contribution < 1.29 is 9.59 Å². The van der Waals surface area contributed by atoms with Crippen LogP contribution in [0.1, 0.15) is 55.4 Å². The van der Waals surface area contributed by atoms with Crippen molar-refractivity contribution in [2.75, 3.05) is 54.0 Å². The van der Waals surface area contributed by atoms with E-state index in [4.69, 9.17) is 9.97 Å². The molecular formula is C32H41N5O2S2. The molecule has 1 fully saturated rings. The number of piperazine rings is 1. The number of nitrogens with zero attached hydrogens (tertiary/aromatic N) is 5. The van der Waals surface area contributed by atoms with E-state index in [0.717, 1.165) is 67.5 Å². The fourth-order valence-electron chi connectivity index (χ4n) is 6.59. The van der Waals surface area contributed by atoms with Crippen molar-refractivity contribution in [2.45, 2.75) is 59.8 Å². The van der Waals surface area contributed by atoms with Crippen molar-refractivity contribution in [3.8, 4) is 0 Å². The zero-order chi connectivity index (χ0) is 28.7. The molecule has 0 N–H and O–H groups in total. The van der Waals surface area contributed by atoms with Crippen LogP contribution in [0.4, 0.5) is 11.5 Å². The van der Waals surface area contributed by atoms with Gasteiger partial charge in [-0.05, 0) is 67.6 Å². The first-order valence-electron chi connectivity index (χ1n) is 15.0. The van der Waals surface area contributed by atoms with Gasteiger partial charge < -0.3 is 14.7 Å². The van der Waals surface area contributed by atoms with Crippen molar-refractivity contribution in [3.05, 3.63) is 46.1 Å². The first-order chi connectivity index (χ1) is 19.7. The second kappa shape index (κ2) is 11.6. The largest absolute Gasteiger partial charge is 0.352 e. The third kappa shape index (κ3) is 5.85. The minimum Gasteiger partial charge on any atom is -0.352 e. The number of aromatic nitrogens is 2. The van der Waals surface area contributed by atoms with E-state index in [2.05, 4.69) is 31.7 Å². The Hall–Kier alpha value is -2.65. The van der Waals surface area contributed by atoms with E-state index in [1.165, 1.54) is 39.6 Å². The van der Waals surface area contributed by atoms with E-state index in [9.17, 15) is 9.59 Å². The molecule has 1 saturated heterocycles. The van der Waals surface area contributed by atoms with Gasteiger partial charge in [-0.3, -0.25) is 9.59 Å². The van der Waals surface area contributed by atoms with Gasteiger partial charge in [0.15, 0.2) is 0 Å². The fourth-order valence-corrected chi connectivity index (χ4v) is 8.71. The number of thiophene rings is 1. The molecule has 41 heavy (non-hydrogen) atoms. The summed E-state index contributed by atoms with van der Waals surface area (Å²) in [5, 5.41) is 1.25. The lowest BCUT2D eigenvalue weighted by molar-refractivity contribution is -0.128. The van der Waals surface area contributed by atoms with E-state index >= 15 is 0 Å². The third-order valence-corrected chi connectivity index (χ3v) is 11.1. The lowest BCUT2D eigenvalue weighted by atomic mass is 9.72. The Morgan fingerprint density at radius 3 is 2.54 bits per heavy atom. The molecule has 1 aliphatic carbocycles. The zero-order valence-corrected chi connectivity index (χ0v) is 26.4. The third-order valence-electron chi connectivity index (χ3n) is 9.02. The smallest absolute Gasteiger partial charge is 0.236 e. The minimum absolute atomic E-state index is 0.0934. The Morgan fingerprint density at radius 1 is 1.00 bits per heavy atom. The Balaban J connectivity index is 1.06. The van der Waals surface area contributed by atoms with E-state index in [1.54, 1.807) is 0 Å². The van der Waals surface area contributed by atoms with E-state index < -0.39 is 0 Å². The minimum atomic E-state index is 0.0934. The van der Waals surface area contributed by atoms with Gasteiger partial charge in [0.25, 0.3) is 0 Å². The zero-order valence-electron chi connectivity index (χ0n) is 24.7. The van der Waals surface area contributed by atoms with Crippen molar-refractivity contribution in [1.29, 1.82) is 0 Å². The molecule has 0 radical (unpaired) electrons. The molecule has 0 spiro atoms. The summed E-state index contributed by atoms with van der Waals surface area (Å²) in [6, 6.07) is 8.16. The molecule has 4 heterocycles. The molecule has 0 unspecified atom stereocenters. The summed E-state index contributed by atoms with van der Waals surface area (Å²) in [5.41, 5.74) is 4.03. The first-order valence-corrected chi connectivity index (χ1v) is 16.9. The number of carbonyl (C=O) groups excluding carboxylic acids is 2. The summed E-state index contributed by atoms with van der Waals surface area (Å²) < 4.78 is 0. The molecule has 0 saturated carbocycles. The van der Waals surface area contributed by atoms with Crippen LogP contribution in [0.5, 0.6) is 0 Å². The van der Waals surface area contributed by atoms with Gasteiger partial charge in [-0.25, -0.2) is 9.97 Å². The number of hydrogen-bond acceptors (Lipinski definition) is 7. The van der Waals surface area contributed by atoms with Crippen LogP contribution in [-0.4, -0.2) is 70.9 Å². The molecule has 9 heteroatoms. The van der Waals surface area contributed by atoms with Gasteiger partial charge in [-0.15, -0.1) is 23.1 Å². The highest BCUT2D eigenvalue weighted by atomic mass is 32.2. The van der Waals surface area contributed by atoms with Gasteiger partial charge in [-0.1, -0.05) is 39.0 Å². The summed E-state index contributed by atoms with van der Waals surface area (Å²) in [4.78, 5) is 44.6. The number of anilines is 2. The maximum Gasteiger partial charge on any atom is 0.236 e. The van der Waals surface area contributed by atoms with Crippen LogP contribution in [0.15, 0.2) is 24.3 Å². The van der Waals surface area contributed by atoms with E-state index in [0.29, 0.717) is 35.9 Å². The second-order valence-corrected chi connectivity index (χ2v) is 14.8. The van der Waals surface area contributed by atoms with Gasteiger partial charge in [0.05, 0.1) is 16.9 Å². The molecule has 0 bridgehead atoms. The monoisotopic (exact) mass is 591 g/mol. The summed E-state index contributed by atoms with van der Waals surface area (Å²) >= 11 is 3.29. The van der Waals surface area contributed by atoms with Crippen LogP contribution in [0.25, 0.3) is 10.2 Å².